The second kappa shape index (κ2) is 11.4. The molecule has 0 aromatic rings. The Hall–Kier alpha value is -2.18. The van der Waals surface area contributed by atoms with Gasteiger partial charge in [-0.1, -0.05) is 11.8 Å². The average Bonchev–Trinajstić information content (AvgIpc) is 2.53. The number of carbonyl (C=O) groups excluding carboxylic acids is 3. The van der Waals surface area contributed by atoms with Crippen LogP contribution < -0.4 is 16.4 Å². The quantitative estimate of drug-likeness (QED) is 0.221. The topological polar surface area (TPSA) is 196 Å². The number of hydrogen-bond acceptors (Lipinski definition) is 8. The Bertz CT molecular complexity index is 499. The molecule has 11 nitrogen and oxygen atoms in total. The minimum absolute atomic E-state index is 0.159. The Morgan fingerprint density at radius 2 is 1.67 bits per heavy atom. The van der Waals surface area contributed by atoms with Gasteiger partial charge in [0.2, 0.25) is 16.9 Å². The number of nitrogens with one attached hydrogen (secondary N) is 2. The molecule has 0 saturated carbocycles. The number of hydrogen-bond donors (Lipinski definition) is 6. The van der Waals surface area contributed by atoms with E-state index < -0.39 is 54.1 Å². The Morgan fingerprint density at radius 3 is 2.17 bits per heavy atom. The SMILES string of the molecule is N[C@@H](CCC(=O)O)C(=O)N[C@@H](CSC(=O)CO)C(=O)NCC(=O)O. The van der Waals surface area contributed by atoms with Gasteiger partial charge in [0.25, 0.3) is 0 Å². The predicted molar refractivity (Wildman–Crippen MR) is 82.0 cm³/mol. The Kier molecular flexibility index (Phi) is 10.3. The molecule has 0 aromatic heterocycles. The minimum atomic E-state index is -1.30. The highest BCUT2D eigenvalue weighted by Gasteiger charge is 2.25. The summed E-state index contributed by atoms with van der Waals surface area (Å²) in [6.07, 6.45) is -0.504. The normalized spacial score (nSPS) is 12.8. The van der Waals surface area contributed by atoms with Gasteiger partial charge in [0, 0.05) is 12.2 Å². The lowest BCUT2D eigenvalue weighted by Crippen LogP contribution is -2.53. The first-order valence-corrected chi connectivity index (χ1v) is 7.69. The molecule has 0 rings (SSSR count). The fourth-order valence-electron chi connectivity index (χ4n) is 1.38. The zero-order valence-electron chi connectivity index (χ0n) is 12.6. The molecule has 2 atom stereocenters. The van der Waals surface area contributed by atoms with Gasteiger partial charge < -0.3 is 31.7 Å². The van der Waals surface area contributed by atoms with Crippen LogP contribution >= 0.6 is 11.8 Å². The molecule has 0 radical (unpaired) electrons. The number of aliphatic hydroxyl groups is 1. The van der Waals surface area contributed by atoms with Crippen molar-refractivity contribution in [2.75, 3.05) is 18.9 Å². The van der Waals surface area contributed by atoms with E-state index in [1.807, 2.05) is 5.32 Å². The van der Waals surface area contributed by atoms with Crippen molar-refractivity contribution in [3.05, 3.63) is 0 Å². The Balaban J connectivity index is 4.74. The van der Waals surface area contributed by atoms with Crippen LogP contribution in [0.1, 0.15) is 12.8 Å². The molecule has 0 heterocycles. The first-order chi connectivity index (χ1) is 11.2. The number of carboxylic acids is 2. The van der Waals surface area contributed by atoms with Gasteiger partial charge in [-0.2, -0.15) is 0 Å². The lowest BCUT2D eigenvalue weighted by molar-refractivity contribution is -0.138. The van der Waals surface area contributed by atoms with Gasteiger partial charge >= 0.3 is 11.9 Å². The lowest BCUT2D eigenvalue weighted by atomic mass is 10.1. The van der Waals surface area contributed by atoms with Crippen LogP contribution in [-0.2, 0) is 24.0 Å². The second-order valence-corrected chi connectivity index (χ2v) is 5.63. The molecule has 0 spiro atoms. The summed E-state index contributed by atoms with van der Waals surface area (Å²) in [5.41, 5.74) is 5.50. The van der Waals surface area contributed by atoms with Crippen LogP contribution in [0.15, 0.2) is 0 Å². The molecule has 12 heteroatoms. The van der Waals surface area contributed by atoms with Crippen molar-refractivity contribution in [3.63, 3.8) is 0 Å². The maximum absolute atomic E-state index is 11.9. The molecular weight excluding hydrogens is 346 g/mol. The molecule has 24 heavy (non-hydrogen) atoms. The number of rotatable bonds is 11. The number of nitrogens with two attached hydrogens (primary N) is 1. The van der Waals surface area contributed by atoms with Crippen LogP contribution in [0.4, 0.5) is 0 Å². The highest BCUT2D eigenvalue weighted by atomic mass is 32.2. The van der Waals surface area contributed by atoms with Crippen LogP contribution in [-0.4, -0.2) is 75.2 Å². The number of amides is 2. The zero-order chi connectivity index (χ0) is 18.7. The molecule has 0 unspecified atom stereocenters. The summed E-state index contributed by atoms with van der Waals surface area (Å²) in [6, 6.07) is -2.46. The van der Waals surface area contributed by atoms with E-state index in [0.29, 0.717) is 11.8 Å². The highest BCUT2D eigenvalue weighted by molar-refractivity contribution is 8.13. The van der Waals surface area contributed by atoms with E-state index in [1.54, 1.807) is 0 Å². The average molecular weight is 365 g/mol. The summed E-state index contributed by atoms with van der Waals surface area (Å²) >= 11 is 0.572. The monoisotopic (exact) mass is 365 g/mol. The molecule has 7 N–H and O–H groups in total. The Morgan fingerprint density at radius 1 is 1.04 bits per heavy atom. The molecular formula is C12H19N3O8S. The van der Waals surface area contributed by atoms with Crippen molar-refractivity contribution < 1.29 is 39.3 Å². The van der Waals surface area contributed by atoms with Crippen LogP contribution in [0.5, 0.6) is 0 Å². The summed E-state index contributed by atoms with van der Waals surface area (Å²) in [6.45, 7) is -1.45. The van der Waals surface area contributed by atoms with E-state index >= 15 is 0 Å². The predicted octanol–water partition coefficient (Wildman–Crippen LogP) is -2.88. The Labute approximate surface area is 141 Å². The van der Waals surface area contributed by atoms with E-state index in [4.69, 9.17) is 21.1 Å². The van der Waals surface area contributed by atoms with Crippen molar-refractivity contribution in [1.29, 1.82) is 0 Å². The van der Waals surface area contributed by atoms with E-state index in [0.717, 1.165) is 0 Å². The van der Waals surface area contributed by atoms with Crippen molar-refractivity contribution in [2.45, 2.75) is 24.9 Å². The molecule has 0 aliphatic carbocycles. The van der Waals surface area contributed by atoms with Crippen LogP contribution in [0.3, 0.4) is 0 Å². The van der Waals surface area contributed by atoms with Gasteiger partial charge in [-0.05, 0) is 6.42 Å². The molecule has 0 saturated heterocycles. The smallest absolute Gasteiger partial charge is 0.322 e. The highest BCUT2D eigenvalue weighted by Crippen LogP contribution is 2.05. The summed E-state index contributed by atoms with van der Waals surface area (Å²) < 4.78 is 0. The molecule has 0 fully saturated rings. The number of aliphatic hydroxyl groups excluding tert-OH is 1. The summed E-state index contributed by atoms with van der Waals surface area (Å²) in [5.74, 6) is -4.36. The van der Waals surface area contributed by atoms with Crippen LogP contribution in [0, 0.1) is 0 Å². The maximum Gasteiger partial charge on any atom is 0.322 e. The molecule has 2 amide bonds. The minimum Gasteiger partial charge on any atom is -0.481 e. The lowest BCUT2D eigenvalue weighted by Gasteiger charge is -2.19. The van der Waals surface area contributed by atoms with Gasteiger partial charge in [-0.15, -0.1) is 0 Å². The first kappa shape index (κ1) is 21.8. The molecule has 136 valence electrons. The van der Waals surface area contributed by atoms with Gasteiger partial charge in [0.05, 0.1) is 6.04 Å². The van der Waals surface area contributed by atoms with E-state index in [2.05, 4.69) is 5.32 Å². The molecule has 0 aliphatic heterocycles. The van der Waals surface area contributed by atoms with Crippen LogP contribution in [0.2, 0.25) is 0 Å². The van der Waals surface area contributed by atoms with Gasteiger partial charge in [-0.25, -0.2) is 0 Å². The fraction of sp³-hybridized carbons (Fsp3) is 0.583. The van der Waals surface area contributed by atoms with Crippen LogP contribution in [0.25, 0.3) is 0 Å². The third kappa shape index (κ3) is 9.76. The number of carbonyl (C=O) groups is 5. The summed E-state index contributed by atoms with van der Waals surface area (Å²) in [4.78, 5) is 55.7. The van der Waals surface area contributed by atoms with Crippen molar-refractivity contribution in [3.8, 4) is 0 Å². The summed E-state index contributed by atoms with van der Waals surface area (Å²) in [5, 5.41) is 29.3. The van der Waals surface area contributed by atoms with Gasteiger partial charge in [0.15, 0.2) is 0 Å². The number of aliphatic carboxylic acids is 2. The zero-order valence-corrected chi connectivity index (χ0v) is 13.4. The number of thioether (sulfide) groups is 1. The standard InChI is InChI=1S/C12H19N3O8S/c13-6(1-2-8(17)18)11(22)15-7(5-24-10(21)4-16)12(23)14-3-9(19)20/h6-7,16H,1-5,13H2,(H,14,23)(H,15,22)(H,17,18)(H,19,20)/t6-,7-/m0/s1. The third-order valence-corrected chi connectivity index (χ3v) is 3.54. The molecule has 0 aromatic carbocycles. The number of carboxylic acid groups (broad SMARTS) is 2. The van der Waals surface area contributed by atoms with Crippen molar-refractivity contribution in [1.82, 2.24) is 10.6 Å². The van der Waals surface area contributed by atoms with Gasteiger partial charge in [-0.3, -0.25) is 24.0 Å². The first-order valence-electron chi connectivity index (χ1n) is 6.71. The molecule has 0 bridgehead atoms. The second-order valence-electron chi connectivity index (χ2n) is 4.55. The van der Waals surface area contributed by atoms with Crippen molar-refractivity contribution in [2.24, 2.45) is 5.73 Å². The van der Waals surface area contributed by atoms with Gasteiger partial charge in [0.1, 0.15) is 19.2 Å². The third-order valence-electron chi connectivity index (χ3n) is 2.59. The largest absolute Gasteiger partial charge is 0.481 e. The van der Waals surface area contributed by atoms with Crippen molar-refractivity contribution >= 4 is 40.6 Å². The van der Waals surface area contributed by atoms with E-state index in [-0.39, 0.29) is 18.6 Å². The fourth-order valence-corrected chi connectivity index (χ4v) is 2.06. The van der Waals surface area contributed by atoms with E-state index in [1.165, 1.54) is 0 Å². The maximum atomic E-state index is 11.9. The molecule has 0 aliphatic rings. The van der Waals surface area contributed by atoms with E-state index in [9.17, 15) is 24.0 Å². The summed E-state index contributed by atoms with van der Waals surface area (Å²) in [7, 11) is 0.